The average molecular weight is 264 g/mol. The van der Waals surface area contributed by atoms with Crippen LogP contribution < -0.4 is 10.6 Å². The highest BCUT2D eigenvalue weighted by molar-refractivity contribution is 5.88. The Balaban J connectivity index is 2.49. The van der Waals surface area contributed by atoms with Crippen molar-refractivity contribution in [2.75, 3.05) is 13.6 Å². The van der Waals surface area contributed by atoms with E-state index < -0.39 is 11.5 Å². The molecule has 0 atom stereocenters. The van der Waals surface area contributed by atoms with Crippen molar-refractivity contribution in [3.8, 4) is 0 Å². The molecule has 0 saturated heterocycles. The van der Waals surface area contributed by atoms with Crippen LogP contribution in [0.15, 0.2) is 30.3 Å². The molecule has 0 bridgehead atoms. The van der Waals surface area contributed by atoms with E-state index in [0.29, 0.717) is 0 Å². The zero-order valence-electron chi connectivity index (χ0n) is 11.5. The molecular weight excluding hydrogens is 244 g/mol. The Labute approximate surface area is 113 Å². The monoisotopic (exact) mass is 264 g/mol. The largest absolute Gasteiger partial charge is 0.459 e. The number of ether oxygens (including phenoxy) is 1. The number of nitrogens with one attached hydrogen (secondary N) is 2. The van der Waals surface area contributed by atoms with Crippen LogP contribution in [0, 0.1) is 0 Å². The van der Waals surface area contributed by atoms with E-state index in [0.717, 1.165) is 5.56 Å². The third kappa shape index (κ3) is 5.09. The fraction of sp³-hybridized carbons (Fsp3) is 0.429. The predicted octanol–water partition coefficient (Wildman–Crippen LogP) is 0.844. The summed E-state index contributed by atoms with van der Waals surface area (Å²) in [5.74, 6) is -0.704. The van der Waals surface area contributed by atoms with Crippen molar-refractivity contribution < 1.29 is 14.3 Å². The number of esters is 1. The highest BCUT2D eigenvalue weighted by atomic mass is 16.5. The van der Waals surface area contributed by atoms with Gasteiger partial charge in [0.1, 0.15) is 12.1 Å². The predicted molar refractivity (Wildman–Crippen MR) is 72.4 cm³/mol. The molecule has 1 amide bonds. The zero-order chi connectivity index (χ0) is 14.3. The molecular formula is C14H20N2O3. The van der Waals surface area contributed by atoms with Crippen LogP contribution in [0.3, 0.4) is 0 Å². The molecule has 1 aromatic carbocycles. The van der Waals surface area contributed by atoms with Gasteiger partial charge in [-0.3, -0.25) is 4.79 Å². The van der Waals surface area contributed by atoms with Gasteiger partial charge in [-0.2, -0.15) is 0 Å². The lowest BCUT2D eigenvalue weighted by Crippen LogP contribution is -2.52. The Morgan fingerprint density at radius 3 is 2.42 bits per heavy atom. The van der Waals surface area contributed by atoms with Crippen LogP contribution in [0.4, 0.5) is 0 Å². The van der Waals surface area contributed by atoms with E-state index in [1.165, 1.54) is 0 Å². The van der Waals surface area contributed by atoms with Gasteiger partial charge in [-0.1, -0.05) is 30.3 Å². The second kappa shape index (κ2) is 6.89. The maximum absolute atomic E-state index is 11.9. The van der Waals surface area contributed by atoms with Crippen LogP contribution in [0.25, 0.3) is 0 Å². The molecule has 0 unspecified atom stereocenters. The van der Waals surface area contributed by atoms with E-state index in [-0.39, 0.29) is 19.1 Å². The lowest BCUT2D eigenvalue weighted by atomic mass is 10.1. The fourth-order valence-electron chi connectivity index (χ4n) is 1.51. The quantitative estimate of drug-likeness (QED) is 0.747. The minimum atomic E-state index is -1.04. The molecule has 0 aromatic heterocycles. The van der Waals surface area contributed by atoms with Crippen LogP contribution >= 0.6 is 0 Å². The van der Waals surface area contributed by atoms with E-state index in [1.54, 1.807) is 20.9 Å². The average Bonchev–Trinajstić information content (AvgIpc) is 2.36. The molecule has 0 spiro atoms. The molecule has 5 nitrogen and oxygen atoms in total. The van der Waals surface area contributed by atoms with Gasteiger partial charge in [0, 0.05) is 0 Å². The Morgan fingerprint density at radius 2 is 1.84 bits per heavy atom. The molecule has 0 radical (unpaired) electrons. The highest BCUT2D eigenvalue weighted by Gasteiger charge is 2.30. The van der Waals surface area contributed by atoms with Crippen LogP contribution in [0.5, 0.6) is 0 Å². The summed E-state index contributed by atoms with van der Waals surface area (Å²) >= 11 is 0. The lowest BCUT2D eigenvalue weighted by molar-refractivity contribution is -0.153. The van der Waals surface area contributed by atoms with Crippen LogP contribution in [-0.2, 0) is 20.9 Å². The van der Waals surface area contributed by atoms with Crippen molar-refractivity contribution >= 4 is 11.9 Å². The van der Waals surface area contributed by atoms with Crippen LogP contribution in [0.2, 0.25) is 0 Å². The summed E-state index contributed by atoms with van der Waals surface area (Å²) < 4.78 is 5.20. The Morgan fingerprint density at radius 1 is 1.21 bits per heavy atom. The van der Waals surface area contributed by atoms with Gasteiger partial charge in [-0.05, 0) is 26.5 Å². The van der Waals surface area contributed by atoms with Crippen molar-refractivity contribution in [2.24, 2.45) is 0 Å². The first-order valence-corrected chi connectivity index (χ1v) is 6.12. The SMILES string of the molecule is CNCC(=O)NC(C)(C)C(=O)OCc1ccccc1. The molecule has 1 aromatic rings. The lowest BCUT2D eigenvalue weighted by Gasteiger charge is -2.24. The van der Waals surface area contributed by atoms with Gasteiger partial charge >= 0.3 is 5.97 Å². The topological polar surface area (TPSA) is 67.4 Å². The first-order valence-electron chi connectivity index (χ1n) is 6.12. The van der Waals surface area contributed by atoms with Gasteiger partial charge < -0.3 is 15.4 Å². The van der Waals surface area contributed by atoms with Crippen molar-refractivity contribution in [2.45, 2.75) is 26.0 Å². The molecule has 0 aliphatic carbocycles. The first kappa shape index (κ1) is 15.2. The second-order valence-corrected chi connectivity index (χ2v) is 4.77. The molecule has 0 heterocycles. The summed E-state index contributed by atoms with van der Waals surface area (Å²) in [4.78, 5) is 23.4. The summed E-state index contributed by atoms with van der Waals surface area (Å²) in [6, 6.07) is 9.40. The van der Waals surface area contributed by atoms with Crippen LogP contribution in [0.1, 0.15) is 19.4 Å². The van der Waals surface area contributed by atoms with E-state index in [9.17, 15) is 9.59 Å². The number of likely N-dealkylation sites (N-methyl/N-ethyl adjacent to an activating group) is 1. The molecule has 0 fully saturated rings. The summed E-state index contributed by atoms with van der Waals surface area (Å²) in [6.45, 7) is 3.60. The Hall–Kier alpha value is -1.88. The van der Waals surface area contributed by atoms with Gasteiger partial charge in [-0.15, -0.1) is 0 Å². The highest BCUT2D eigenvalue weighted by Crippen LogP contribution is 2.08. The summed E-state index contributed by atoms with van der Waals surface area (Å²) in [6.07, 6.45) is 0. The molecule has 5 heteroatoms. The summed E-state index contributed by atoms with van der Waals surface area (Å²) in [5, 5.41) is 5.34. The maximum Gasteiger partial charge on any atom is 0.331 e. The molecule has 0 aliphatic rings. The molecule has 1 rings (SSSR count). The van der Waals surface area contributed by atoms with Crippen molar-refractivity contribution in [3.63, 3.8) is 0 Å². The third-order valence-corrected chi connectivity index (χ3v) is 2.51. The molecule has 0 saturated carbocycles. The zero-order valence-corrected chi connectivity index (χ0v) is 11.5. The van der Waals surface area contributed by atoms with Gasteiger partial charge in [0.25, 0.3) is 0 Å². The Bertz CT molecular complexity index is 430. The molecule has 104 valence electrons. The number of benzene rings is 1. The summed E-state index contributed by atoms with van der Waals surface area (Å²) in [5.41, 5.74) is -0.129. The minimum absolute atomic E-state index is 0.162. The number of carbonyl (C=O) groups is 2. The van der Waals surface area contributed by atoms with E-state index >= 15 is 0 Å². The number of rotatable bonds is 6. The van der Waals surface area contributed by atoms with E-state index in [2.05, 4.69) is 10.6 Å². The van der Waals surface area contributed by atoms with E-state index in [1.807, 2.05) is 30.3 Å². The molecule has 2 N–H and O–H groups in total. The van der Waals surface area contributed by atoms with Gasteiger partial charge in [0.2, 0.25) is 5.91 Å². The van der Waals surface area contributed by atoms with Crippen molar-refractivity contribution in [1.29, 1.82) is 0 Å². The third-order valence-electron chi connectivity index (χ3n) is 2.51. The van der Waals surface area contributed by atoms with Gasteiger partial charge in [0.15, 0.2) is 0 Å². The van der Waals surface area contributed by atoms with Gasteiger partial charge in [-0.25, -0.2) is 4.79 Å². The minimum Gasteiger partial charge on any atom is -0.459 e. The number of hydrogen-bond donors (Lipinski definition) is 2. The maximum atomic E-state index is 11.9. The first-order chi connectivity index (χ1) is 8.95. The second-order valence-electron chi connectivity index (χ2n) is 4.77. The van der Waals surface area contributed by atoms with Gasteiger partial charge in [0.05, 0.1) is 6.54 Å². The molecule has 0 aliphatic heterocycles. The number of hydrogen-bond acceptors (Lipinski definition) is 4. The Kier molecular flexibility index (Phi) is 5.51. The fourth-order valence-corrected chi connectivity index (χ4v) is 1.51. The van der Waals surface area contributed by atoms with Crippen LogP contribution in [-0.4, -0.2) is 31.0 Å². The number of amides is 1. The standard InChI is InChI=1S/C14H20N2O3/c1-14(2,16-12(17)9-15-3)13(18)19-10-11-7-5-4-6-8-11/h4-8,15H,9-10H2,1-3H3,(H,16,17). The van der Waals surface area contributed by atoms with Crippen molar-refractivity contribution in [1.82, 2.24) is 10.6 Å². The number of carbonyl (C=O) groups excluding carboxylic acids is 2. The van der Waals surface area contributed by atoms with E-state index in [4.69, 9.17) is 4.74 Å². The normalized spacial score (nSPS) is 10.9. The smallest absolute Gasteiger partial charge is 0.331 e. The van der Waals surface area contributed by atoms with Crippen molar-refractivity contribution in [3.05, 3.63) is 35.9 Å². The summed E-state index contributed by atoms with van der Waals surface area (Å²) in [7, 11) is 1.67. The molecule has 19 heavy (non-hydrogen) atoms.